The number of benzene rings is 2. The molecular weight excluding hydrogens is 422 g/mol. The Balaban J connectivity index is 1.54. The highest BCUT2D eigenvalue weighted by molar-refractivity contribution is 6.10. The standard InChI is InChI=1S/C24H23N5O4/c1-14-13-16(5-8-19(14)28-12-10-20(28)30)27-11-9-18-21(23(25)31)26-29(22(18)24(27)32)15-3-6-17(33-2)7-4-15/h3-8,13H,9-12H2,1-2H3,(H2,25,31). The first-order valence-corrected chi connectivity index (χ1v) is 10.7. The molecule has 0 unspecified atom stereocenters. The van der Waals surface area contributed by atoms with Crippen LogP contribution in [0, 0.1) is 6.92 Å². The number of aryl methyl sites for hydroxylation is 1. The molecule has 0 aliphatic carbocycles. The number of hydrogen-bond donors (Lipinski definition) is 1. The highest BCUT2D eigenvalue weighted by Gasteiger charge is 2.35. The molecular formula is C24H23N5O4. The fraction of sp³-hybridized carbons (Fsp3) is 0.250. The van der Waals surface area contributed by atoms with Crippen LogP contribution >= 0.6 is 0 Å². The second kappa shape index (κ2) is 7.77. The predicted octanol–water partition coefficient (Wildman–Crippen LogP) is 2.23. The smallest absolute Gasteiger partial charge is 0.277 e. The van der Waals surface area contributed by atoms with Gasteiger partial charge in [0, 0.05) is 36.4 Å². The Labute approximate surface area is 190 Å². The Kier molecular flexibility index (Phi) is 4.88. The Hall–Kier alpha value is -4.14. The SMILES string of the molecule is COc1ccc(-n2nc(C(N)=O)c3c2C(=O)N(c2ccc(N4CCC4=O)c(C)c2)CC3)cc1. The van der Waals surface area contributed by atoms with Gasteiger partial charge in [-0.25, -0.2) is 4.68 Å². The summed E-state index contributed by atoms with van der Waals surface area (Å²) in [5, 5.41) is 4.39. The first-order valence-electron chi connectivity index (χ1n) is 10.7. The monoisotopic (exact) mass is 445 g/mol. The minimum Gasteiger partial charge on any atom is -0.497 e. The normalized spacial score (nSPS) is 15.3. The maximum absolute atomic E-state index is 13.6. The molecule has 9 heteroatoms. The average Bonchev–Trinajstić information content (AvgIpc) is 3.20. The molecule has 3 heterocycles. The number of primary amides is 1. The molecule has 2 N–H and O–H groups in total. The molecule has 0 spiro atoms. The lowest BCUT2D eigenvalue weighted by Gasteiger charge is -2.33. The van der Waals surface area contributed by atoms with Gasteiger partial charge in [-0.1, -0.05) is 0 Å². The Morgan fingerprint density at radius 2 is 1.70 bits per heavy atom. The van der Waals surface area contributed by atoms with Gasteiger partial charge in [0.15, 0.2) is 5.69 Å². The Bertz CT molecular complexity index is 1290. The van der Waals surface area contributed by atoms with Crippen molar-refractivity contribution in [2.75, 3.05) is 30.0 Å². The quantitative estimate of drug-likeness (QED) is 0.606. The molecule has 3 aromatic rings. The first kappa shape index (κ1) is 20.7. The minimum absolute atomic E-state index is 0.104. The molecule has 1 aromatic heterocycles. The van der Waals surface area contributed by atoms with Crippen LogP contribution in [0.4, 0.5) is 11.4 Å². The number of fused-ring (bicyclic) bond motifs is 1. The summed E-state index contributed by atoms with van der Waals surface area (Å²) in [5.74, 6) is -0.163. The van der Waals surface area contributed by atoms with Gasteiger partial charge in [-0.05, 0) is 61.4 Å². The van der Waals surface area contributed by atoms with E-state index in [2.05, 4.69) is 5.10 Å². The number of hydrogen-bond acceptors (Lipinski definition) is 5. The molecule has 0 atom stereocenters. The lowest BCUT2D eigenvalue weighted by molar-refractivity contribution is -0.122. The molecule has 9 nitrogen and oxygen atoms in total. The van der Waals surface area contributed by atoms with E-state index in [4.69, 9.17) is 10.5 Å². The summed E-state index contributed by atoms with van der Waals surface area (Å²) in [6, 6.07) is 12.7. The van der Waals surface area contributed by atoms with Crippen molar-refractivity contribution in [1.82, 2.24) is 9.78 Å². The lowest BCUT2D eigenvalue weighted by Crippen LogP contribution is -2.44. The number of nitrogens with zero attached hydrogens (tertiary/aromatic N) is 4. The van der Waals surface area contributed by atoms with E-state index in [9.17, 15) is 14.4 Å². The van der Waals surface area contributed by atoms with Crippen LogP contribution in [0.15, 0.2) is 42.5 Å². The third-order valence-electron chi connectivity index (χ3n) is 6.20. The molecule has 3 amide bonds. The summed E-state index contributed by atoms with van der Waals surface area (Å²) in [6.45, 7) is 3.03. The van der Waals surface area contributed by atoms with Crippen molar-refractivity contribution in [3.05, 3.63) is 65.0 Å². The number of amides is 3. The van der Waals surface area contributed by atoms with E-state index in [0.29, 0.717) is 48.6 Å². The van der Waals surface area contributed by atoms with E-state index in [-0.39, 0.29) is 17.5 Å². The van der Waals surface area contributed by atoms with Crippen molar-refractivity contribution in [3.63, 3.8) is 0 Å². The molecule has 33 heavy (non-hydrogen) atoms. The van der Waals surface area contributed by atoms with Gasteiger partial charge in [0.1, 0.15) is 11.4 Å². The van der Waals surface area contributed by atoms with Crippen LogP contribution in [0.2, 0.25) is 0 Å². The van der Waals surface area contributed by atoms with E-state index >= 15 is 0 Å². The predicted molar refractivity (Wildman–Crippen MR) is 122 cm³/mol. The molecule has 2 aromatic carbocycles. The highest BCUT2D eigenvalue weighted by Crippen LogP contribution is 2.33. The van der Waals surface area contributed by atoms with Crippen molar-refractivity contribution in [2.45, 2.75) is 19.8 Å². The van der Waals surface area contributed by atoms with Gasteiger partial charge >= 0.3 is 0 Å². The van der Waals surface area contributed by atoms with Gasteiger partial charge in [-0.2, -0.15) is 5.10 Å². The summed E-state index contributed by atoms with van der Waals surface area (Å²) in [5.41, 5.74) is 9.68. The second-order valence-electron chi connectivity index (χ2n) is 8.12. The zero-order valence-electron chi connectivity index (χ0n) is 18.4. The van der Waals surface area contributed by atoms with Crippen LogP contribution in [0.25, 0.3) is 5.69 Å². The maximum atomic E-state index is 13.6. The number of carbonyl (C=O) groups excluding carboxylic acids is 3. The van der Waals surface area contributed by atoms with Crippen LogP contribution in [-0.2, 0) is 11.2 Å². The van der Waals surface area contributed by atoms with Gasteiger partial charge in [-0.15, -0.1) is 0 Å². The van der Waals surface area contributed by atoms with E-state index < -0.39 is 5.91 Å². The maximum Gasteiger partial charge on any atom is 0.277 e. The van der Waals surface area contributed by atoms with Crippen molar-refractivity contribution >= 4 is 29.1 Å². The van der Waals surface area contributed by atoms with Gasteiger partial charge in [0.05, 0.1) is 12.8 Å². The molecule has 1 fully saturated rings. The molecule has 2 aliphatic rings. The van der Waals surface area contributed by atoms with Gasteiger partial charge in [-0.3, -0.25) is 14.4 Å². The van der Waals surface area contributed by atoms with E-state index in [0.717, 1.165) is 16.9 Å². The van der Waals surface area contributed by atoms with E-state index in [1.165, 1.54) is 4.68 Å². The Morgan fingerprint density at radius 3 is 2.27 bits per heavy atom. The second-order valence-corrected chi connectivity index (χ2v) is 8.12. The van der Waals surface area contributed by atoms with Crippen molar-refractivity contribution in [3.8, 4) is 11.4 Å². The van der Waals surface area contributed by atoms with Crippen LogP contribution < -0.4 is 20.3 Å². The van der Waals surface area contributed by atoms with Crippen molar-refractivity contribution in [2.24, 2.45) is 5.73 Å². The Morgan fingerprint density at radius 1 is 1.00 bits per heavy atom. The summed E-state index contributed by atoms with van der Waals surface area (Å²) in [7, 11) is 1.57. The van der Waals surface area contributed by atoms with Crippen LogP contribution in [0.1, 0.15) is 38.5 Å². The van der Waals surface area contributed by atoms with Gasteiger partial charge in [0.2, 0.25) is 5.91 Å². The van der Waals surface area contributed by atoms with Crippen molar-refractivity contribution < 1.29 is 19.1 Å². The summed E-state index contributed by atoms with van der Waals surface area (Å²) in [4.78, 5) is 40.9. The fourth-order valence-electron chi connectivity index (χ4n) is 4.39. The minimum atomic E-state index is -0.667. The molecule has 0 bridgehead atoms. The number of anilines is 2. The highest BCUT2D eigenvalue weighted by atomic mass is 16.5. The summed E-state index contributed by atoms with van der Waals surface area (Å²) < 4.78 is 6.69. The van der Waals surface area contributed by atoms with Crippen LogP contribution in [0.3, 0.4) is 0 Å². The number of β-lactam (4-membered cyclic amide) rings is 1. The summed E-state index contributed by atoms with van der Waals surface area (Å²) in [6.07, 6.45) is 1.01. The largest absolute Gasteiger partial charge is 0.497 e. The fourth-order valence-corrected chi connectivity index (χ4v) is 4.39. The molecule has 2 aliphatic heterocycles. The van der Waals surface area contributed by atoms with Crippen LogP contribution in [0.5, 0.6) is 5.75 Å². The van der Waals surface area contributed by atoms with Crippen molar-refractivity contribution in [1.29, 1.82) is 0 Å². The molecule has 0 saturated carbocycles. The number of methoxy groups -OCH3 is 1. The number of aromatic nitrogens is 2. The molecule has 5 rings (SSSR count). The third kappa shape index (κ3) is 3.32. The zero-order valence-corrected chi connectivity index (χ0v) is 18.4. The van der Waals surface area contributed by atoms with E-state index in [1.54, 1.807) is 41.2 Å². The number of rotatable bonds is 5. The van der Waals surface area contributed by atoms with E-state index in [1.807, 2.05) is 25.1 Å². The average molecular weight is 445 g/mol. The summed E-state index contributed by atoms with van der Waals surface area (Å²) >= 11 is 0. The molecule has 168 valence electrons. The molecule has 1 saturated heterocycles. The number of nitrogens with two attached hydrogens (primary N) is 1. The third-order valence-corrected chi connectivity index (χ3v) is 6.20. The first-order chi connectivity index (χ1) is 15.9. The van der Waals surface area contributed by atoms with Crippen LogP contribution in [-0.4, -0.2) is 47.7 Å². The zero-order chi connectivity index (χ0) is 23.3. The number of carbonyl (C=O) groups is 3. The molecule has 0 radical (unpaired) electrons. The lowest BCUT2D eigenvalue weighted by atomic mass is 10.0. The van der Waals surface area contributed by atoms with Gasteiger partial charge in [0.25, 0.3) is 11.8 Å². The van der Waals surface area contributed by atoms with Gasteiger partial charge < -0.3 is 20.3 Å². The number of ether oxygens (including phenoxy) is 1. The topological polar surface area (TPSA) is 111 Å².